The largest absolute Gasteiger partial charge is 0.464 e. The van der Waals surface area contributed by atoms with Crippen LogP contribution in [0.25, 0.3) is 0 Å². The van der Waals surface area contributed by atoms with Gasteiger partial charge in [-0.2, -0.15) is 0 Å². The van der Waals surface area contributed by atoms with E-state index in [2.05, 4.69) is 21.9 Å². The van der Waals surface area contributed by atoms with Crippen molar-refractivity contribution < 1.29 is 4.74 Å². The molecule has 0 radical (unpaired) electrons. The van der Waals surface area contributed by atoms with Crippen molar-refractivity contribution in [1.29, 1.82) is 0 Å². The van der Waals surface area contributed by atoms with Crippen molar-refractivity contribution in [2.75, 3.05) is 6.61 Å². The van der Waals surface area contributed by atoms with Crippen molar-refractivity contribution in [2.45, 2.75) is 0 Å². The van der Waals surface area contributed by atoms with Crippen LogP contribution in [0.3, 0.4) is 0 Å². The second-order valence-electron chi connectivity index (χ2n) is 0.889. The Kier molecular flexibility index (Phi) is 0.837. The van der Waals surface area contributed by atoms with E-state index in [1.165, 1.54) is 0 Å². The maximum Gasteiger partial charge on any atom is 0.283 e. The Morgan fingerprint density at radius 2 is 2.83 bits per heavy atom. The van der Waals surface area contributed by atoms with Gasteiger partial charge < -0.3 is 4.74 Å². The normalized spacial score (nSPS) is 18.3. The predicted molar refractivity (Wildman–Crippen MR) is 27.0 cm³/mol. The number of ether oxygens (including phenoxy) is 1. The summed E-state index contributed by atoms with van der Waals surface area (Å²) in [7, 11) is 0. The van der Waals surface area contributed by atoms with Crippen LogP contribution in [-0.4, -0.2) is 18.0 Å². The van der Waals surface area contributed by atoms with Crippen molar-refractivity contribution in [2.24, 2.45) is 4.99 Å². The molecule has 0 atom stereocenters. The van der Waals surface area contributed by atoms with Crippen LogP contribution in [0, 0.1) is 0 Å². The molecule has 0 amide bonds. The Morgan fingerprint density at radius 1 is 2.00 bits per heavy atom. The van der Waals surface area contributed by atoms with Crippen LogP contribution in [-0.2, 0) is 4.74 Å². The highest BCUT2D eigenvalue weighted by Gasteiger charge is 1.95. The Balaban J connectivity index is 2.59. The Hall–Kier alpha value is -0.440. The fourth-order valence-corrected chi connectivity index (χ4v) is 0.400. The van der Waals surface area contributed by atoms with E-state index in [4.69, 9.17) is 0 Å². The summed E-state index contributed by atoms with van der Waals surface area (Å²) in [6.45, 7) is 0.554. The minimum absolute atomic E-state index is 0.356. The third-order valence-corrected chi connectivity index (χ3v) is 0.701. The molecular formula is C3H3NOS. The van der Waals surface area contributed by atoms with E-state index in [-0.39, 0.29) is 0 Å². The monoisotopic (exact) mass is 101 g/mol. The number of hydrogen-bond donors (Lipinski definition) is 0. The summed E-state index contributed by atoms with van der Waals surface area (Å²) in [5, 5.41) is 0.356. The van der Waals surface area contributed by atoms with Crippen molar-refractivity contribution >= 4 is 23.6 Å². The van der Waals surface area contributed by atoms with E-state index in [0.29, 0.717) is 11.8 Å². The fraction of sp³-hybridized carbons (Fsp3) is 0.333. The Bertz CT molecular complexity index is 99.0. The molecule has 3 heteroatoms. The minimum atomic E-state index is 0.356. The minimum Gasteiger partial charge on any atom is -0.464 e. The molecule has 32 valence electrons. The first-order valence-electron chi connectivity index (χ1n) is 1.59. The summed E-state index contributed by atoms with van der Waals surface area (Å²) in [6, 6.07) is 0. The highest BCUT2D eigenvalue weighted by Crippen LogP contribution is 1.87. The average molecular weight is 101 g/mol. The lowest BCUT2D eigenvalue weighted by molar-refractivity contribution is 0.387. The Labute approximate surface area is 40.8 Å². The zero-order valence-corrected chi connectivity index (χ0v) is 3.86. The SMILES string of the molecule is S=C1N=CCO1. The van der Waals surface area contributed by atoms with Gasteiger partial charge in [0.25, 0.3) is 5.17 Å². The van der Waals surface area contributed by atoms with Gasteiger partial charge in [0.2, 0.25) is 0 Å². The van der Waals surface area contributed by atoms with Crippen molar-refractivity contribution in [3.63, 3.8) is 0 Å². The molecule has 0 spiro atoms. The van der Waals surface area contributed by atoms with Gasteiger partial charge in [0.15, 0.2) is 0 Å². The van der Waals surface area contributed by atoms with Crippen LogP contribution < -0.4 is 0 Å². The van der Waals surface area contributed by atoms with Gasteiger partial charge in [-0.25, -0.2) is 4.99 Å². The van der Waals surface area contributed by atoms with E-state index in [9.17, 15) is 0 Å². The molecule has 0 aromatic rings. The topological polar surface area (TPSA) is 21.6 Å². The lowest BCUT2D eigenvalue weighted by atomic mass is 10.8. The van der Waals surface area contributed by atoms with Crippen LogP contribution in [0.4, 0.5) is 0 Å². The molecule has 6 heavy (non-hydrogen) atoms. The zero-order chi connectivity index (χ0) is 4.41. The molecule has 0 aliphatic carbocycles. The summed E-state index contributed by atoms with van der Waals surface area (Å²) >= 11 is 4.50. The second-order valence-corrected chi connectivity index (χ2v) is 1.24. The molecule has 0 unspecified atom stereocenters. The molecule has 1 aliphatic heterocycles. The van der Waals surface area contributed by atoms with E-state index in [1.54, 1.807) is 6.21 Å². The van der Waals surface area contributed by atoms with Crippen LogP contribution >= 0.6 is 12.2 Å². The highest BCUT2D eigenvalue weighted by atomic mass is 32.1. The zero-order valence-electron chi connectivity index (χ0n) is 3.05. The van der Waals surface area contributed by atoms with Crippen LogP contribution in [0.5, 0.6) is 0 Å². The van der Waals surface area contributed by atoms with Gasteiger partial charge >= 0.3 is 0 Å². The molecule has 0 fully saturated rings. The van der Waals surface area contributed by atoms with E-state index in [1.807, 2.05) is 0 Å². The van der Waals surface area contributed by atoms with E-state index >= 15 is 0 Å². The predicted octanol–water partition coefficient (Wildman–Crippen LogP) is 0.372. The number of aliphatic imine (C=N–C) groups is 1. The summed E-state index contributed by atoms with van der Waals surface area (Å²) < 4.78 is 4.66. The van der Waals surface area contributed by atoms with E-state index < -0.39 is 0 Å². The number of thiocarbonyl (C=S) groups is 1. The molecule has 1 aliphatic rings. The van der Waals surface area contributed by atoms with Crippen LogP contribution in [0.15, 0.2) is 4.99 Å². The molecule has 0 saturated carbocycles. The molecule has 1 rings (SSSR count). The molecule has 0 bridgehead atoms. The van der Waals surface area contributed by atoms with Crippen molar-refractivity contribution in [3.05, 3.63) is 0 Å². The first-order chi connectivity index (χ1) is 2.89. The summed E-state index contributed by atoms with van der Waals surface area (Å²) in [4.78, 5) is 3.62. The lowest BCUT2D eigenvalue weighted by Crippen LogP contribution is -1.86. The average Bonchev–Trinajstić information content (AvgIpc) is 1.86. The number of nitrogens with zero attached hydrogens (tertiary/aromatic N) is 1. The number of hydrogen-bond acceptors (Lipinski definition) is 2. The smallest absolute Gasteiger partial charge is 0.283 e. The lowest BCUT2D eigenvalue weighted by Gasteiger charge is -1.83. The standard InChI is InChI=1S/C3H3NOS/c6-3-4-1-2-5-3/h1H,2H2. The highest BCUT2D eigenvalue weighted by molar-refractivity contribution is 7.80. The maximum atomic E-state index is 4.66. The Morgan fingerprint density at radius 3 is 3.00 bits per heavy atom. The summed E-state index contributed by atoms with van der Waals surface area (Å²) in [5.74, 6) is 0. The molecule has 1 heterocycles. The molecule has 0 aromatic carbocycles. The third-order valence-electron chi connectivity index (χ3n) is 0.478. The van der Waals surface area contributed by atoms with Gasteiger partial charge in [-0.3, -0.25) is 0 Å². The molecule has 0 N–H and O–H groups in total. The summed E-state index contributed by atoms with van der Waals surface area (Å²) in [5.41, 5.74) is 0. The second kappa shape index (κ2) is 1.34. The fourth-order valence-electron chi connectivity index (χ4n) is 0.258. The van der Waals surface area contributed by atoms with Crippen molar-refractivity contribution in [3.8, 4) is 0 Å². The van der Waals surface area contributed by atoms with Gasteiger partial charge in [-0.15, -0.1) is 0 Å². The quantitative estimate of drug-likeness (QED) is 0.411. The first-order valence-corrected chi connectivity index (χ1v) is 2.00. The molecule has 0 saturated heterocycles. The van der Waals surface area contributed by atoms with Gasteiger partial charge in [0, 0.05) is 6.21 Å². The third kappa shape index (κ3) is 0.542. The van der Waals surface area contributed by atoms with E-state index in [0.717, 1.165) is 0 Å². The van der Waals surface area contributed by atoms with Gasteiger partial charge in [-0.1, -0.05) is 0 Å². The van der Waals surface area contributed by atoms with Gasteiger partial charge in [0.05, 0.1) is 0 Å². The van der Waals surface area contributed by atoms with Crippen molar-refractivity contribution in [1.82, 2.24) is 0 Å². The maximum absolute atomic E-state index is 4.66. The number of rotatable bonds is 0. The van der Waals surface area contributed by atoms with Crippen LogP contribution in [0.2, 0.25) is 0 Å². The van der Waals surface area contributed by atoms with Crippen LogP contribution in [0.1, 0.15) is 0 Å². The summed E-state index contributed by atoms with van der Waals surface area (Å²) in [6.07, 6.45) is 1.64. The molecule has 2 nitrogen and oxygen atoms in total. The van der Waals surface area contributed by atoms with Gasteiger partial charge in [-0.05, 0) is 12.2 Å². The molecule has 0 aromatic heterocycles. The first kappa shape index (κ1) is 3.74. The molecular weight excluding hydrogens is 98.1 g/mol. The van der Waals surface area contributed by atoms with Gasteiger partial charge in [0.1, 0.15) is 6.61 Å².